The topological polar surface area (TPSA) is 86.9 Å². The number of H-pyrrole nitrogens is 1. The summed E-state index contributed by atoms with van der Waals surface area (Å²) in [7, 11) is 0. The molecule has 5 nitrogen and oxygen atoms in total. The summed E-state index contributed by atoms with van der Waals surface area (Å²) in [4.78, 5) is 3.50. The highest BCUT2D eigenvalue weighted by molar-refractivity contribution is 5.91. The van der Waals surface area contributed by atoms with Crippen molar-refractivity contribution in [2.45, 2.75) is 24.8 Å². The summed E-state index contributed by atoms with van der Waals surface area (Å²) < 4.78 is 5.14. The van der Waals surface area contributed by atoms with Crippen molar-refractivity contribution in [1.29, 1.82) is 5.26 Å². The number of aromatic amines is 1. The van der Waals surface area contributed by atoms with Crippen molar-refractivity contribution in [2.75, 3.05) is 13.1 Å². The Labute approximate surface area is 123 Å². The molecule has 2 heterocycles. The Morgan fingerprint density at radius 1 is 1.43 bits per heavy atom. The molecule has 0 amide bonds. The van der Waals surface area contributed by atoms with Crippen molar-refractivity contribution in [3.63, 3.8) is 0 Å². The van der Waals surface area contributed by atoms with Crippen LogP contribution in [-0.4, -0.2) is 23.6 Å². The first kappa shape index (κ1) is 12.7. The van der Waals surface area contributed by atoms with E-state index < -0.39 is 0 Å². The first-order valence-corrected chi connectivity index (χ1v) is 7.39. The lowest BCUT2D eigenvalue weighted by molar-refractivity contribution is 0.190. The first-order valence-electron chi connectivity index (χ1n) is 7.39. The summed E-state index contributed by atoms with van der Waals surface area (Å²) in [6, 6.07) is 5.78. The zero-order chi connectivity index (χ0) is 14.4. The molecule has 5 heteroatoms. The van der Waals surface area contributed by atoms with Gasteiger partial charge in [-0.2, -0.15) is 0 Å². The third-order valence-electron chi connectivity index (χ3n) is 5.03. The number of nitrogens with zero attached hydrogens (tertiary/aromatic N) is 1. The van der Waals surface area contributed by atoms with Gasteiger partial charge < -0.3 is 20.8 Å². The van der Waals surface area contributed by atoms with Gasteiger partial charge in [0.1, 0.15) is 0 Å². The SMILES string of the molecule is N#COc1cccc2[nH]c3c(c12)CC1(N)CNCCC1C3. The second-order valence-corrected chi connectivity index (χ2v) is 6.23. The van der Waals surface area contributed by atoms with Crippen LogP contribution in [0.15, 0.2) is 18.2 Å². The molecule has 1 aromatic carbocycles. The number of nitrogens with two attached hydrogens (primary N) is 1. The number of ether oxygens (including phenoxy) is 1. The molecule has 0 radical (unpaired) electrons. The van der Waals surface area contributed by atoms with Crippen LogP contribution in [0.4, 0.5) is 0 Å². The van der Waals surface area contributed by atoms with E-state index in [1.54, 1.807) is 6.26 Å². The first-order chi connectivity index (χ1) is 10.2. The van der Waals surface area contributed by atoms with Gasteiger partial charge in [0.2, 0.25) is 0 Å². The summed E-state index contributed by atoms with van der Waals surface area (Å²) in [5, 5.41) is 13.3. The maximum atomic E-state index is 8.84. The highest BCUT2D eigenvalue weighted by atomic mass is 16.5. The van der Waals surface area contributed by atoms with Crippen molar-refractivity contribution < 1.29 is 4.74 Å². The second kappa shape index (κ2) is 4.48. The van der Waals surface area contributed by atoms with Gasteiger partial charge in [-0.15, -0.1) is 5.26 Å². The van der Waals surface area contributed by atoms with Crippen LogP contribution in [0.2, 0.25) is 0 Å². The molecule has 2 atom stereocenters. The molecular formula is C16H18N4O. The van der Waals surface area contributed by atoms with Crippen LogP contribution in [0.1, 0.15) is 17.7 Å². The largest absolute Gasteiger partial charge is 0.387 e. The number of benzene rings is 1. The van der Waals surface area contributed by atoms with Gasteiger partial charge in [-0.3, -0.25) is 0 Å². The molecule has 2 aliphatic rings. The average Bonchev–Trinajstić information content (AvgIpc) is 2.82. The molecule has 4 N–H and O–H groups in total. The molecule has 1 aromatic heterocycles. The van der Waals surface area contributed by atoms with Crippen LogP contribution in [-0.2, 0) is 12.8 Å². The number of hydrogen-bond donors (Lipinski definition) is 3. The molecule has 2 aromatic rings. The van der Waals surface area contributed by atoms with Crippen LogP contribution < -0.4 is 15.8 Å². The quantitative estimate of drug-likeness (QED) is 0.691. The molecule has 1 aliphatic heterocycles. The molecule has 2 unspecified atom stereocenters. The van der Waals surface area contributed by atoms with Gasteiger partial charge in [0.15, 0.2) is 5.75 Å². The zero-order valence-electron chi connectivity index (χ0n) is 11.8. The Bertz CT molecular complexity index is 745. The van der Waals surface area contributed by atoms with Gasteiger partial charge in [-0.1, -0.05) is 6.07 Å². The Kier molecular flexibility index (Phi) is 2.71. The van der Waals surface area contributed by atoms with Crippen LogP contribution >= 0.6 is 0 Å². The Hall–Kier alpha value is -2.03. The summed E-state index contributed by atoms with van der Waals surface area (Å²) in [5.74, 6) is 1.14. The predicted molar refractivity (Wildman–Crippen MR) is 79.8 cm³/mol. The standard InChI is InChI=1S/C16H18N4O/c17-9-21-14-3-1-2-12-15(14)11-7-16(18)8-19-5-4-10(16)6-13(11)20-12/h1-3,10,19-20H,4-8,18H2. The number of fused-ring (bicyclic) bond motifs is 4. The maximum absolute atomic E-state index is 8.84. The van der Waals surface area contributed by atoms with E-state index in [1.807, 2.05) is 18.2 Å². The minimum absolute atomic E-state index is 0.194. The number of aromatic nitrogens is 1. The molecular weight excluding hydrogens is 264 g/mol. The van der Waals surface area contributed by atoms with Gasteiger partial charge in [0.25, 0.3) is 6.26 Å². The van der Waals surface area contributed by atoms with Crippen molar-refractivity contribution in [3.05, 3.63) is 29.5 Å². The monoisotopic (exact) mass is 282 g/mol. The van der Waals surface area contributed by atoms with E-state index in [0.717, 1.165) is 43.3 Å². The van der Waals surface area contributed by atoms with Gasteiger partial charge in [-0.25, -0.2) is 0 Å². The number of rotatable bonds is 1. The lowest BCUT2D eigenvalue weighted by Gasteiger charge is -2.44. The Morgan fingerprint density at radius 2 is 2.33 bits per heavy atom. The van der Waals surface area contributed by atoms with Crippen LogP contribution in [0.3, 0.4) is 0 Å². The zero-order valence-corrected chi connectivity index (χ0v) is 11.8. The third-order valence-corrected chi connectivity index (χ3v) is 5.03. The van der Waals surface area contributed by atoms with E-state index in [9.17, 15) is 0 Å². The Balaban J connectivity index is 1.88. The van der Waals surface area contributed by atoms with Gasteiger partial charge in [0.05, 0.1) is 0 Å². The molecule has 1 fully saturated rings. The molecule has 21 heavy (non-hydrogen) atoms. The van der Waals surface area contributed by atoms with E-state index in [4.69, 9.17) is 15.7 Å². The summed E-state index contributed by atoms with van der Waals surface area (Å²) in [5.41, 5.74) is 9.98. The van der Waals surface area contributed by atoms with Crippen LogP contribution in [0.5, 0.6) is 5.75 Å². The van der Waals surface area contributed by atoms with E-state index in [1.165, 1.54) is 11.3 Å². The fourth-order valence-electron chi connectivity index (χ4n) is 3.96. The molecule has 1 saturated heterocycles. The number of piperidine rings is 1. The molecule has 4 rings (SSSR count). The fraction of sp³-hybridized carbons (Fsp3) is 0.438. The highest BCUT2D eigenvalue weighted by Gasteiger charge is 2.42. The minimum Gasteiger partial charge on any atom is -0.387 e. The van der Waals surface area contributed by atoms with Gasteiger partial charge in [-0.05, 0) is 49.4 Å². The minimum atomic E-state index is -0.194. The van der Waals surface area contributed by atoms with Crippen molar-refractivity contribution in [3.8, 4) is 12.0 Å². The summed E-state index contributed by atoms with van der Waals surface area (Å²) in [6.07, 6.45) is 4.70. The summed E-state index contributed by atoms with van der Waals surface area (Å²) >= 11 is 0. The van der Waals surface area contributed by atoms with Crippen LogP contribution in [0.25, 0.3) is 10.9 Å². The average molecular weight is 282 g/mol. The van der Waals surface area contributed by atoms with E-state index in [-0.39, 0.29) is 5.54 Å². The van der Waals surface area contributed by atoms with Crippen molar-refractivity contribution >= 4 is 10.9 Å². The normalized spacial score (nSPS) is 27.7. The van der Waals surface area contributed by atoms with E-state index in [0.29, 0.717) is 11.7 Å². The van der Waals surface area contributed by atoms with E-state index >= 15 is 0 Å². The summed E-state index contributed by atoms with van der Waals surface area (Å²) in [6.45, 7) is 1.90. The third kappa shape index (κ3) is 1.84. The lowest BCUT2D eigenvalue weighted by atomic mass is 9.69. The van der Waals surface area contributed by atoms with Gasteiger partial charge >= 0.3 is 0 Å². The lowest BCUT2D eigenvalue weighted by Crippen LogP contribution is -2.62. The number of nitriles is 1. The molecule has 0 spiro atoms. The highest BCUT2D eigenvalue weighted by Crippen LogP contribution is 2.41. The predicted octanol–water partition coefficient (Wildman–Crippen LogP) is 1.43. The molecule has 108 valence electrons. The van der Waals surface area contributed by atoms with Crippen molar-refractivity contribution in [1.82, 2.24) is 10.3 Å². The molecule has 0 saturated carbocycles. The van der Waals surface area contributed by atoms with Crippen molar-refractivity contribution in [2.24, 2.45) is 11.7 Å². The smallest absolute Gasteiger partial charge is 0.292 e. The fourth-order valence-corrected chi connectivity index (χ4v) is 3.96. The maximum Gasteiger partial charge on any atom is 0.292 e. The van der Waals surface area contributed by atoms with E-state index in [2.05, 4.69) is 10.3 Å². The second-order valence-electron chi connectivity index (χ2n) is 6.23. The van der Waals surface area contributed by atoms with Crippen LogP contribution in [0, 0.1) is 17.4 Å². The van der Waals surface area contributed by atoms with Gasteiger partial charge in [0, 0.05) is 28.7 Å². The number of hydrogen-bond acceptors (Lipinski definition) is 4. The molecule has 1 aliphatic carbocycles. The number of nitrogens with one attached hydrogen (secondary N) is 2. The molecule has 0 bridgehead atoms. The Morgan fingerprint density at radius 3 is 3.19 bits per heavy atom.